The molecule has 0 spiro atoms. The third kappa shape index (κ3) is 4.97. The van der Waals surface area contributed by atoms with Crippen molar-refractivity contribution in [2.75, 3.05) is 18.4 Å². The Morgan fingerprint density at radius 1 is 1.11 bits per heavy atom. The summed E-state index contributed by atoms with van der Waals surface area (Å²) in [5.41, 5.74) is 1.00. The lowest BCUT2D eigenvalue weighted by atomic mass is 10.0. The Hall–Kier alpha value is -3.87. The van der Waals surface area contributed by atoms with Crippen molar-refractivity contribution in [3.63, 3.8) is 0 Å². The van der Waals surface area contributed by atoms with Crippen LogP contribution in [0.25, 0.3) is 16.8 Å². The highest BCUT2D eigenvalue weighted by atomic mass is 35.5. The first-order valence-electron chi connectivity index (χ1n) is 11.3. The molecule has 0 radical (unpaired) electrons. The van der Waals surface area contributed by atoms with Gasteiger partial charge in [-0.25, -0.2) is 8.78 Å². The summed E-state index contributed by atoms with van der Waals surface area (Å²) in [5.74, 6) is -1.11. The topological polar surface area (TPSA) is 106 Å². The number of nitrogens with one attached hydrogen (secondary N) is 1. The van der Waals surface area contributed by atoms with Crippen molar-refractivity contribution < 1.29 is 21.9 Å². The van der Waals surface area contributed by atoms with E-state index in [1.54, 1.807) is 12.1 Å². The Bertz CT molecular complexity index is 1680. The molecule has 13 heteroatoms. The van der Waals surface area contributed by atoms with Crippen LogP contribution in [0.3, 0.4) is 0 Å². The lowest BCUT2D eigenvalue weighted by Gasteiger charge is -2.30. The first kappa shape index (κ1) is 25.8. The summed E-state index contributed by atoms with van der Waals surface area (Å²) in [7, 11) is -2.60. The number of benzene rings is 2. The predicted octanol–water partition coefficient (Wildman–Crippen LogP) is 3.95. The van der Waals surface area contributed by atoms with E-state index in [4.69, 9.17) is 16.3 Å². The van der Waals surface area contributed by atoms with Crippen molar-refractivity contribution in [2.45, 2.75) is 13.0 Å². The molecular formula is C25H20ClF2N5O4S. The number of rotatable bonds is 6. The molecule has 5 rings (SSSR count). The fourth-order valence-corrected chi connectivity index (χ4v) is 5.73. The van der Waals surface area contributed by atoms with Gasteiger partial charge in [0, 0.05) is 54.1 Å². The number of hydrogen-bond acceptors (Lipinski definition) is 6. The molecule has 1 aliphatic heterocycles. The molecule has 2 aromatic carbocycles. The molecule has 0 aliphatic carbocycles. The average Bonchev–Trinajstić information content (AvgIpc) is 2.88. The number of halogens is 3. The maximum atomic E-state index is 15.3. The molecule has 9 nitrogen and oxygen atoms in total. The fraction of sp³-hybridized carbons (Fsp3) is 0.160. The monoisotopic (exact) mass is 559 g/mol. The minimum Gasteiger partial charge on any atom is -0.495 e. The third-order valence-corrected chi connectivity index (χ3v) is 7.74. The highest BCUT2D eigenvalue weighted by molar-refractivity contribution is 7.90. The van der Waals surface area contributed by atoms with Gasteiger partial charge in [-0.3, -0.25) is 14.1 Å². The van der Waals surface area contributed by atoms with Crippen LogP contribution >= 0.6 is 11.6 Å². The van der Waals surface area contributed by atoms with Gasteiger partial charge in [-0.1, -0.05) is 17.7 Å². The predicted molar refractivity (Wildman–Crippen MR) is 138 cm³/mol. The van der Waals surface area contributed by atoms with Crippen LogP contribution in [-0.2, 0) is 23.2 Å². The van der Waals surface area contributed by atoms with Crippen LogP contribution in [0, 0.1) is 11.6 Å². The summed E-state index contributed by atoms with van der Waals surface area (Å²) >= 11 is 5.95. The maximum absolute atomic E-state index is 15.3. The molecule has 0 amide bonds. The van der Waals surface area contributed by atoms with Gasteiger partial charge in [0.05, 0.1) is 12.8 Å². The Kier molecular flexibility index (Phi) is 6.86. The van der Waals surface area contributed by atoms with E-state index in [0.29, 0.717) is 11.3 Å². The van der Waals surface area contributed by atoms with Gasteiger partial charge in [0.15, 0.2) is 5.82 Å². The molecule has 3 heterocycles. The van der Waals surface area contributed by atoms with Crippen LogP contribution in [-0.4, -0.2) is 41.1 Å². The lowest BCUT2D eigenvalue weighted by molar-refractivity contribution is 0.385. The number of nitrogens with zero attached hydrogens (tertiary/aromatic N) is 4. The third-order valence-electron chi connectivity index (χ3n) is 6.06. The number of ether oxygens (including phenoxy) is 1. The van der Waals surface area contributed by atoms with Gasteiger partial charge in [-0.05, 0) is 47.5 Å². The average molecular weight is 560 g/mol. The van der Waals surface area contributed by atoms with Crippen molar-refractivity contribution in [3.05, 3.63) is 99.1 Å². The largest absolute Gasteiger partial charge is 0.495 e. The summed E-state index contributed by atoms with van der Waals surface area (Å²) in [4.78, 5) is 13.0. The molecule has 4 aromatic rings. The van der Waals surface area contributed by atoms with Crippen LogP contribution in [0.15, 0.2) is 65.6 Å². The van der Waals surface area contributed by atoms with E-state index < -0.39 is 27.4 Å². The fourth-order valence-electron chi connectivity index (χ4n) is 4.37. The van der Waals surface area contributed by atoms with E-state index in [0.717, 1.165) is 18.2 Å². The molecule has 0 saturated heterocycles. The first-order valence-corrected chi connectivity index (χ1v) is 13.1. The van der Waals surface area contributed by atoms with Crippen LogP contribution in [0.5, 0.6) is 5.75 Å². The van der Waals surface area contributed by atoms with Gasteiger partial charge in [-0.2, -0.15) is 17.8 Å². The van der Waals surface area contributed by atoms with E-state index in [9.17, 15) is 17.6 Å². The molecule has 0 saturated carbocycles. The number of fused-ring (bicyclic) bond motifs is 1. The van der Waals surface area contributed by atoms with E-state index in [-0.39, 0.29) is 52.9 Å². The van der Waals surface area contributed by atoms with Gasteiger partial charge in [0.1, 0.15) is 17.4 Å². The number of aromatic nitrogens is 3. The Labute approximate surface area is 221 Å². The quantitative estimate of drug-likeness (QED) is 0.383. The van der Waals surface area contributed by atoms with Crippen molar-refractivity contribution in [2.24, 2.45) is 0 Å². The maximum Gasteiger partial charge on any atom is 0.303 e. The Balaban J connectivity index is 1.54. The molecule has 0 bridgehead atoms. The van der Waals surface area contributed by atoms with E-state index in [2.05, 4.69) is 14.9 Å². The summed E-state index contributed by atoms with van der Waals surface area (Å²) < 4.78 is 65.5. The van der Waals surface area contributed by atoms with Gasteiger partial charge >= 0.3 is 10.2 Å². The van der Waals surface area contributed by atoms with E-state index in [1.807, 2.05) is 0 Å². The van der Waals surface area contributed by atoms with Crippen LogP contribution in [0.4, 0.5) is 14.6 Å². The van der Waals surface area contributed by atoms with E-state index >= 15 is 4.39 Å². The van der Waals surface area contributed by atoms with Crippen molar-refractivity contribution in [3.8, 4) is 22.6 Å². The molecule has 196 valence electrons. The zero-order valence-electron chi connectivity index (χ0n) is 19.9. The normalized spacial score (nSPS) is 13.7. The van der Waals surface area contributed by atoms with E-state index in [1.165, 1.54) is 46.4 Å². The van der Waals surface area contributed by atoms with Crippen molar-refractivity contribution >= 4 is 27.6 Å². The second-order valence-electron chi connectivity index (χ2n) is 8.44. The summed E-state index contributed by atoms with van der Waals surface area (Å²) in [5, 5.41) is 7.51. The zero-order chi connectivity index (χ0) is 27.0. The number of hydrogen-bond donors (Lipinski definition) is 1. The summed E-state index contributed by atoms with van der Waals surface area (Å²) in [6.45, 7) is 0.0204. The molecule has 0 unspecified atom stereocenters. The molecule has 1 aliphatic rings. The molecule has 2 aromatic heterocycles. The Morgan fingerprint density at radius 3 is 2.63 bits per heavy atom. The van der Waals surface area contributed by atoms with Gasteiger partial charge < -0.3 is 4.74 Å². The van der Waals surface area contributed by atoms with Gasteiger partial charge in [0.2, 0.25) is 0 Å². The SMILES string of the molecule is COc1cc(-c2cc(F)cc(Cl)c2)c(F)cc1-n1c2c(ccc1=O)CN(S(=O)(=O)Nc1cccnn1)CC2. The minimum absolute atomic E-state index is 0.0319. The Morgan fingerprint density at radius 2 is 1.92 bits per heavy atom. The second-order valence-corrected chi connectivity index (χ2v) is 10.5. The zero-order valence-corrected chi connectivity index (χ0v) is 21.4. The molecule has 1 N–H and O–H groups in total. The molecule has 0 atom stereocenters. The number of pyridine rings is 1. The lowest BCUT2D eigenvalue weighted by Crippen LogP contribution is -2.41. The van der Waals surface area contributed by atoms with Crippen LogP contribution in [0.1, 0.15) is 11.3 Å². The minimum atomic E-state index is -3.96. The van der Waals surface area contributed by atoms with Gasteiger partial charge in [0.25, 0.3) is 5.56 Å². The molecule has 0 fully saturated rings. The van der Waals surface area contributed by atoms with Gasteiger partial charge in [-0.15, -0.1) is 5.10 Å². The van der Waals surface area contributed by atoms with Crippen molar-refractivity contribution in [1.29, 1.82) is 0 Å². The summed E-state index contributed by atoms with van der Waals surface area (Å²) in [6, 6.07) is 12.0. The molecule has 38 heavy (non-hydrogen) atoms. The number of methoxy groups -OCH3 is 1. The highest BCUT2D eigenvalue weighted by Gasteiger charge is 2.30. The molecular weight excluding hydrogens is 540 g/mol. The van der Waals surface area contributed by atoms with Crippen LogP contribution in [0.2, 0.25) is 5.02 Å². The van der Waals surface area contributed by atoms with Crippen LogP contribution < -0.4 is 15.0 Å². The summed E-state index contributed by atoms with van der Waals surface area (Å²) in [6.07, 6.45) is 1.59. The second kappa shape index (κ2) is 10.1. The number of anilines is 1. The smallest absolute Gasteiger partial charge is 0.303 e. The highest BCUT2D eigenvalue weighted by Crippen LogP contribution is 2.35. The van der Waals surface area contributed by atoms with Crippen molar-refractivity contribution in [1.82, 2.24) is 19.1 Å². The first-order chi connectivity index (χ1) is 18.2. The standard InChI is InChI=1S/C25H20ClF2N5O4S/c1-37-23-12-19(16-9-17(26)11-18(27)10-16)20(28)13-22(23)33-21-6-8-32(14-15(21)4-5-25(33)34)38(35,36)31-24-3-2-7-29-30-24/h2-5,7,9-13H,6,8,14H2,1H3,(H,30,31).